The molecule has 3 heterocycles. The fourth-order valence-corrected chi connectivity index (χ4v) is 7.94. The number of ether oxygens (including phenoxy) is 6. The van der Waals surface area contributed by atoms with Gasteiger partial charge in [0.25, 0.3) is 0 Å². The highest BCUT2D eigenvalue weighted by atomic mass is 35.5. The van der Waals surface area contributed by atoms with E-state index in [1.54, 1.807) is 54.6 Å². The summed E-state index contributed by atoms with van der Waals surface area (Å²) in [6, 6.07) is 3.63. The quantitative estimate of drug-likeness (QED) is 0.135. The molecule has 278 valence electrons. The van der Waals surface area contributed by atoms with Crippen molar-refractivity contribution in [3.8, 4) is 5.75 Å². The van der Waals surface area contributed by atoms with Crippen molar-refractivity contribution < 1.29 is 47.9 Å². The van der Waals surface area contributed by atoms with Gasteiger partial charge in [0, 0.05) is 38.9 Å². The van der Waals surface area contributed by atoms with E-state index in [2.05, 4.69) is 5.32 Å². The van der Waals surface area contributed by atoms with E-state index < -0.39 is 59.8 Å². The van der Waals surface area contributed by atoms with Gasteiger partial charge in [-0.25, -0.2) is 9.59 Å². The van der Waals surface area contributed by atoms with Crippen molar-refractivity contribution in [2.24, 2.45) is 5.92 Å². The molecule has 0 aliphatic carbocycles. The number of epoxide rings is 1. The second-order valence-electron chi connectivity index (χ2n) is 13.1. The van der Waals surface area contributed by atoms with Crippen molar-refractivity contribution >= 4 is 56.8 Å². The molecule has 3 aliphatic heterocycles. The van der Waals surface area contributed by atoms with Crippen molar-refractivity contribution in [1.29, 1.82) is 0 Å². The first kappa shape index (κ1) is 40.3. The van der Waals surface area contributed by atoms with E-state index >= 15 is 0 Å². The summed E-state index contributed by atoms with van der Waals surface area (Å²) in [7, 11) is 7.93. The standard InChI is InChI=1S/C35H49ClN2O10S2/c1-20-11-9-12-27(44-7)35(42)19-26(46-33(41)37-35)21(2)31-34(4,48-31)28(47-32(40)22(3)45-13-10-14-50-49-8)18-29(39)38(5)24-16-23(15-20)17-25(43-6)30(24)36/h9,11-12,16-17,21-22,26-28,31,42H,10,13-15,18-19H2,1-8H3,(H,37,41)/b12-9+,20-11+/t21-,22+,26+,27-,28+,31+,34+,35+/m1/s1. The SMILES string of the molecule is COc1cc2cc(c1Cl)N(C)C(=O)C[C@H](OC(=O)[C@H](C)OCCCSSC)[C@]1(C)O[C@H]1[C@H](C)[C@@H]1C[C@@](O)(NC(=O)O1)[C@H](OC)/C=C/C=C(\C)C2. The molecule has 50 heavy (non-hydrogen) atoms. The number of rotatable bonds is 10. The van der Waals surface area contributed by atoms with Crippen LogP contribution < -0.4 is 15.0 Å². The van der Waals surface area contributed by atoms with Gasteiger partial charge < -0.3 is 38.4 Å². The molecular weight excluding hydrogens is 708 g/mol. The largest absolute Gasteiger partial charge is 0.495 e. The number of benzene rings is 1. The number of hydrogen-bond donors (Lipinski definition) is 2. The molecule has 2 N–H and O–H groups in total. The summed E-state index contributed by atoms with van der Waals surface area (Å²) in [6.07, 6.45) is 3.24. The van der Waals surface area contributed by atoms with Gasteiger partial charge in [-0.15, -0.1) is 0 Å². The van der Waals surface area contributed by atoms with Gasteiger partial charge >= 0.3 is 12.1 Å². The van der Waals surface area contributed by atoms with Crippen molar-refractivity contribution in [3.05, 3.63) is 46.5 Å². The molecule has 0 spiro atoms. The van der Waals surface area contributed by atoms with Crippen molar-refractivity contribution in [1.82, 2.24) is 5.32 Å². The molecule has 1 aromatic rings. The van der Waals surface area contributed by atoms with Gasteiger partial charge in [-0.2, -0.15) is 0 Å². The molecule has 2 fully saturated rings. The zero-order chi connectivity index (χ0) is 36.8. The molecule has 3 aliphatic rings. The Labute approximate surface area is 307 Å². The van der Waals surface area contributed by atoms with Gasteiger partial charge in [-0.05, 0) is 57.6 Å². The lowest BCUT2D eigenvalue weighted by atomic mass is 9.83. The Bertz CT molecular complexity index is 1460. The van der Waals surface area contributed by atoms with Crippen LogP contribution in [-0.2, 0) is 39.7 Å². The van der Waals surface area contributed by atoms with E-state index in [4.69, 9.17) is 40.0 Å². The molecule has 0 saturated carbocycles. The zero-order valence-corrected chi connectivity index (χ0v) is 32.2. The molecule has 2 amide bonds. The summed E-state index contributed by atoms with van der Waals surface area (Å²) < 4.78 is 34.9. The lowest BCUT2D eigenvalue weighted by Gasteiger charge is -2.42. The van der Waals surface area contributed by atoms with Crippen LogP contribution >= 0.6 is 33.2 Å². The number of esters is 1. The number of allylic oxidation sites excluding steroid dienone is 3. The lowest BCUT2D eigenvalue weighted by molar-refractivity contribution is -0.165. The summed E-state index contributed by atoms with van der Waals surface area (Å²) >= 11 is 6.74. The predicted molar refractivity (Wildman–Crippen MR) is 195 cm³/mol. The van der Waals surface area contributed by atoms with Gasteiger partial charge in [0.05, 0.1) is 25.3 Å². The van der Waals surface area contributed by atoms with Gasteiger partial charge in [-0.1, -0.05) is 63.9 Å². The summed E-state index contributed by atoms with van der Waals surface area (Å²) in [5, 5.41) is 14.5. The maximum absolute atomic E-state index is 14.0. The highest BCUT2D eigenvalue weighted by Gasteiger charge is 2.64. The van der Waals surface area contributed by atoms with Crippen LogP contribution in [0.25, 0.3) is 0 Å². The van der Waals surface area contributed by atoms with E-state index in [0.29, 0.717) is 24.5 Å². The number of methoxy groups -OCH3 is 2. The molecule has 15 heteroatoms. The summed E-state index contributed by atoms with van der Waals surface area (Å²) in [4.78, 5) is 41.6. The maximum Gasteiger partial charge on any atom is 0.409 e. The Morgan fingerprint density at radius 2 is 2.02 bits per heavy atom. The molecule has 4 rings (SSSR count). The van der Waals surface area contributed by atoms with Crippen LogP contribution in [0.3, 0.4) is 0 Å². The fourth-order valence-electron chi connectivity index (χ4n) is 6.37. The van der Waals surface area contributed by atoms with Crippen LogP contribution in [-0.4, -0.2) is 105 Å². The number of carbonyl (C=O) groups is 3. The molecule has 1 aromatic carbocycles. The first-order valence-corrected chi connectivity index (χ1v) is 19.6. The lowest BCUT2D eigenvalue weighted by Crippen LogP contribution is -2.63. The van der Waals surface area contributed by atoms with Gasteiger partial charge in [0.15, 0.2) is 11.8 Å². The number of carbonyl (C=O) groups excluding carboxylic acids is 3. The van der Waals surface area contributed by atoms with Crippen LogP contribution in [0.5, 0.6) is 5.75 Å². The number of anilines is 1. The number of amides is 2. The zero-order valence-electron chi connectivity index (χ0n) is 29.9. The van der Waals surface area contributed by atoms with Crippen molar-refractivity contribution in [3.63, 3.8) is 0 Å². The average molecular weight is 757 g/mol. The number of nitrogens with zero attached hydrogens (tertiary/aromatic N) is 1. The number of alkyl carbamates (subject to hydrolysis) is 1. The molecular formula is C35H49ClN2O10S2. The van der Waals surface area contributed by atoms with Crippen LogP contribution in [0.2, 0.25) is 5.02 Å². The number of hydrogen-bond acceptors (Lipinski definition) is 12. The van der Waals surface area contributed by atoms with Gasteiger partial charge in [0.1, 0.15) is 34.7 Å². The third kappa shape index (κ3) is 9.50. The van der Waals surface area contributed by atoms with E-state index in [0.717, 1.165) is 23.3 Å². The normalized spacial score (nSPS) is 32.5. The topological polar surface area (TPSA) is 145 Å². The Kier molecular flexibility index (Phi) is 14.0. The average Bonchev–Trinajstić information content (AvgIpc) is 3.77. The third-order valence-electron chi connectivity index (χ3n) is 9.40. The Morgan fingerprint density at radius 3 is 2.70 bits per heavy atom. The molecule has 0 unspecified atom stereocenters. The monoisotopic (exact) mass is 756 g/mol. The Hall–Kier alpha value is -2.46. The second kappa shape index (κ2) is 17.4. The minimum atomic E-state index is -1.79. The van der Waals surface area contributed by atoms with Crippen molar-refractivity contribution in [2.75, 3.05) is 44.8 Å². The smallest absolute Gasteiger partial charge is 0.409 e. The first-order chi connectivity index (χ1) is 23.7. The van der Waals surface area contributed by atoms with Crippen LogP contribution in [0, 0.1) is 5.92 Å². The maximum atomic E-state index is 14.0. The highest BCUT2D eigenvalue weighted by molar-refractivity contribution is 8.76. The number of nitrogens with one attached hydrogen (secondary N) is 1. The third-order valence-corrected chi connectivity index (χ3v) is 11.7. The minimum absolute atomic E-state index is 0.0165. The summed E-state index contributed by atoms with van der Waals surface area (Å²) in [6.45, 7) is 7.51. The van der Waals surface area contributed by atoms with Crippen LogP contribution in [0.15, 0.2) is 35.9 Å². The van der Waals surface area contributed by atoms with E-state index in [1.165, 1.54) is 19.1 Å². The molecule has 12 nitrogen and oxygen atoms in total. The van der Waals surface area contributed by atoms with Crippen molar-refractivity contribution in [2.45, 2.75) is 95.2 Å². The molecule has 8 atom stereocenters. The van der Waals surface area contributed by atoms with E-state index in [9.17, 15) is 19.5 Å². The number of halogens is 1. The molecule has 4 bridgehead atoms. The Morgan fingerprint density at radius 1 is 1.28 bits per heavy atom. The first-order valence-electron chi connectivity index (χ1n) is 16.5. The van der Waals surface area contributed by atoms with Crippen LogP contribution in [0.4, 0.5) is 10.5 Å². The summed E-state index contributed by atoms with van der Waals surface area (Å²) in [5.41, 5.74) is -0.719. The summed E-state index contributed by atoms with van der Waals surface area (Å²) in [5.74, 6) is -0.219. The minimum Gasteiger partial charge on any atom is -0.495 e. The Balaban J connectivity index is 1.72. The highest BCUT2D eigenvalue weighted by Crippen LogP contribution is 2.49. The fraction of sp³-hybridized carbons (Fsp3) is 0.629. The molecule has 2 saturated heterocycles. The van der Waals surface area contributed by atoms with Gasteiger partial charge in [0.2, 0.25) is 5.91 Å². The molecule has 0 aromatic heterocycles. The number of fused-ring (bicyclic) bond motifs is 5. The van der Waals surface area contributed by atoms with Gasteiger partial charge in [-0.3, -0.25) is 10.1 Å². The number of aliphatic hydroxyl groups is 1. The van der Waals surface area contributed by atoms with E-state index in [-0.39, 0.29) is 23.8 Å². The predicted octanol–water partition coefficient (Wildman–Crippen LogP) is 5.47. The second-order valence-corrected chi connectivity index (χ2v) is 16.1. The van der Waals surface area contributed by atoms with E-state index in [1.807, 2.05) is 38.3 Å². The molecule has 0 radical (unpaired) electrons. The van der Waals surface area contributed by atoms with Crippen LogP contribution in [0.1, 0.15) is 52.5 Å².